The Balaban J connectivity index is 1.87. The van der Waals surface area contributed by atoms with Crippen LogP contribution in [0.3, 0.4) is 0 Å². The molecule has 2 heterocycles. The quantitative estimate of drug-likeness (QED) is 0.609. The Bertz CT molecular complexity index is 1190. The molecule has 0 atom stereocenters. The van der Waals surface area contributed by atoms with E-state index in [2.05, 4.69) is 15.1 Å². The molecule has 2 N–H and O–H groups in total. The molecule has 7 heteroatoms. The van der Waals surface area contributed by atoms with Gasteiger partial charge >= 0.3 is 0 Å². The first kappa shape index (κ1) is 21.8. The van der Waals surface area contributed by atoms with Crippen molar-refractivity contribution in [1.29, 1.82) is 0 Å². The molecule has 1 aliphatic heterocycles. The van der Waals surface area contributed by atoms with Crippen LogP contribution in [0.15, 0.2) is 53.3 Å². The molecule has 7 nitrogen and oxygen atoms in total. The average Bonchev–Trinajstić information content (AvgIpc) is 2.86. The summed E-state index contributed by atoms with van der Waals surface area (Å²) in [5.41, 5.74) is 3.87. The molecular formula is C25H27N5O2. The van der Waals surface area contributed by atoms with Gasteiger partial charge in [-0.05, 0) is 36.6 Å². The van der Waals surface area contributed by atoms with Crippen LogP contribution in [0.25, 0.3) is 27.2 Å². The van der Waals surface area contributed by atoms with Crippen molar-refractivity contribution in [3.05, 3.63) is 75.9 Å². The number of anilines is 1. The highest BCUT2D eigenvalue weighted by atomic mass is 16.3. The Morgan fingerprint density at radius 1 is 1.09 bits per heavy atom. The fourth-order valence-corrected chi connectivity index (χ4v) is 4.18. The predicted octanol–water partition coefficient (Wildman–Crippen LogP) is 3.35. The minimum atomic E-state index is -0.119. The Hall–Kier alpha value is -3.47. The number of hydrogen-bond donors (Lipinski definition) is 2. The van der Waals surface area contributed by atoms with Crippen LogP contribution >= 0.6 is 0 Å². The summed E-state index contributed by atoms with van der Waals surface area (Å²) >= 11 is 0. The molecule has 164 valence electrons. The molecule has 0 saturated carbocycles. The predicted molar refractivity (Wildman–Crippen MR) is 127 cm³/mol. The van der Waals surface area contributed by atoms with E-state index in [1.165, 1.54) is 0 Å². The van der Waals surface area contributed by atoms with E-state index in [-0.39, 0.29) is 12.2 Å². The van der Waals surface area contributed by atoms with Gasteiger partial charge in [-0.2, -0.15) is 0 Å². The topological polar surface area (TPSA) is 74.8 Å². The highest BCUT2D eigenvalue weighted by Crippen LogP contribution is 2.31. The molecule has 3 aromatic rings. The van der Waals surface area contributed by atoms with Gasteiger partial charge in [0.15, 0.2) is 5.69 Å². The van der Waals surface area contributed by atoms with Gasteiger partial charge in [-0.3, -0.25) is 9.36 Å². The largest absolute Gasteiger partial charge is 0.392 e. The number of benzene rings is 2. The monoisotopic (exact) mass is 429 g/mol. The van der Waals surface area contributed by atoms with Crippen molar-refractivity contribution < 1.29 is 5.11 Å². The molecule has 1 aliphatic rings. The Morgan fingerprint density at radius 3 is 2.28 bits per heavy atom. The number of nitrogens with one attached hydrogen (secondary N) is 1. The molecule has 2 aromatic carbocycles. The fourth-order valence-electron chi connectivity index (χ4n) is 4.18. The van der Waals surface area contributed by atoms with Gasteiger partial charge < -0.3 is 15.3 Å². The van der Waals surface area contributed by atoms with Crippen molar-refractivity contribution in [3.8, 4) is 22.4 Å². The second-order valence-electron chi connectivity index (χ2n) is 8.06. The van der Waals surface area contributed by atoms with Gasteiger partial charge in [0.2, 0.25) is 5.95 Å². The molecule has 0 spiro atoms. The van der Waals surface area contributed by atoms with E-state index < -0.39 is 0 Å². The van der Waals surface area contributed by atoms with Gasteiger partial charge in [-0.1, -0.05) is 48.5 Å². The van der Waals surface area contributed by atoms with E-state index in [4.69, 9.17) is 11.6 Å². The minimum Gasteiger partial charge on any atom is -0.392 e. The Kier molecular flexibility index (Phi) is 6.35. The van der Waals surface area contributed by atoms with E-state index in [1.807, 2.05) is 43.4 Å². The number of nitrogens with zero attached hydrogens (tertiary/aromatic N) is 4. The molecular weight excluding hydrogens is 402 g/mol. The molecule has 4 rings (SSSR count). The summed E-state index contributed by atoms with van der Waals surface area (Å²) in [5, 5.41) is 12.7. The smallest absolute Gasteiger partial charge is 0.263 e. The highest BCUT2D eigenvalue weighted by Gasteiger charge is 2.24. The van der Waals surface area contributed by atoms with E-state index >= 15 is 0 Å². The van der Waals surface area contributed by atoms with Crippen molar-refractivity contribution in [3.63, 3.8) is 0 Å². The third-order valence-corrected chi connectivity index (χ3v) is 6.15. The van der Waals surface area contributed by atoms with Crippen LogP contribution in [-0.4, -0.2) is 40.8 Å². The van der Waals surface area contributed by atoms with E-state index in [1.54, 1.807) is 23.7 Å². The summed E-state index contributed by atoms with van der Waals surface area (Å²) in [6.07, 6.45) is 1.98. The summed E-state index contributed by atoms with van der Waals surface area (Å²) < 4.78 is 1.63. The second-order valence-corrected chi connectivity index (χ2v) is 8.06. The lowest BCUT2D eigenvalue weighted by Crippen LogP contribution is -2.43. The van der Waals surface area contributed by atoms with Crippen molar-refractivity contribution in [1.82, 2.24) is 14.9 Å². The van der Waals surface area contributed by atoms with Crippen molar-refractivity contribution in [2.24, 2.45) is 7.05 Å². The first-order valence-corrected chi connectivity index (χ1v) is 10.8. The van der Waals surface area contributed by atoms with E-state index in [0.717, 1.165) is 42.6 Å². The fraction of sp³-hybridized carbons (Fsp3) is 0.320. The molecule has 1 saturated heterocycles. The maximum atomic E-state index is 13.6. The number of piperidine rings is 1. The van der Waals surface area contributed by atoms with Gasteiger partial charge in [-0.25, -0.2) is 9.83 Å². The number of aliphatic hydroxyl groups excluding tert-OH is 1. The summed E-state index contributed by atoms with van der Waals surface area (Å²) in [6.45, 7) is 8.82. The van der Waals surface area contributed by atoms with Crippen LogP contribution in [0.4, 0.5) is 11.6 Å². The zero-order valence-corrected chi connectivity index (χ0v) is 18.4. The molecule has 1 fully saturated rings. The SMILES string of the molecule is [C-]#[N+]c1ccc(-c2nc(N3CCC(NC)CC3)n(C)c(=O)c2-c2ccc(CO)cc2)cc1. The first-order valence-electron chi connectivity index (χ1n) is 10.8. The van der Waals surface area contributed by atoms with Gasteiger partial charge in [0, 0.05) is 26.2 Å². The summed E-state index contributed by atoms with van der Waals surface area (Å²) in [6, 6.07) is 15.0. The molecule has 32 heavy (non-hydrogen) atoms. The average molecular weight is 430 g/mol. The molecule has 0 radical (unpaired) electrons. The third kappa shape index (κ3) is 4.15. The van der Waals surface area contributed by atoms with Crippen LogP contribution in [0, 0.1) is 6.57 Å². The van der Waals surface area contributed by atoms with Gasteiger partial charge in [-0.15, -0.1) is 0 Å². The lowest BCUT2D eigenvalue weighted by molar-refractivity contribution is 0.282. The first-order chi connectivity index (χ1) is 15.5. The lowest BCUT2D eigenvalue weighted by atomic mass is 9.99. The molecule has 0 unspecified atom stereocenters. The molecule has 0 aliphatic carbocycles. The molecule has 0 amide bonds. The van der Waals surface area contributed by atoms with Gasteiger partial charge in [0.1, 0.15) is 0 Å². The number of aliphatic hydroxyl groups is 1. The minimum absolute atomic E-state index is 0.0526. The Morgan fingerprint density at radius 2 is 1.72 bits per heavy atom. The zero-order valence-electron chi connectivity index (χ0n) is 18.4. The van der Waals surface area contributed by atoms with Crippen LogP contribution in [-0.2, 0) is 13.7 Å². The van der Waals surface area contributed by atoms with Crippen molar-refractivity contribution >= 4 is 11.6 Å². The van der Waals surface area contributed by atoms with Gasteiger partial charge in [0.25, 0.3) is 5.56 Å². The standard InChI is InChI=1S/C25H27N5O2/c1-26-20-10-8-19(9-11-20)23-22(18-6-4-17(16-31)5-7-18)24(32)29(3)25(28-23)30-14-12-21(27-2)13-15-30/h4-11,21,27,31H,12-16H2,2-3H3. The van der Waals surface area contributed by atoms with E-state index in [0.29, 0.717) is 28.9 Å². The third-order valence-electron chi connectivity index (χ3n) is 6.15. The highest BCUT2D eigenvalue weighted by molar-refractivity contribution is 5.81. The number of rotatable bonds is 5. The van der Waals surface area contributed by atoms with E-state index in [9.17, 15) is 9.90 Å². The summed E-state index contributed by atoms with van der Waals surface area (Å²) in [5.74, 6) is 0.657. The molecule has 0 bridgehead atoms. The van der Waals surface area contributed by atoms with Crippen LogP contribution < -0.4 is 15.8 Å². The number of aromatic nitrogens is 2. The Labute approximate surface area is 187 Å². The lowest BCUT2D eigenvalue weighted by Gasteiger charge is -2.33. The van der Waals surface area contributed by atoms with Crippen molar-refractivity contribution in [2.75, 3.05) is 25.0 Å². The second kappa shape index (κ2) is 9.35. The van der Waals surface area contributed by atoms with Crippen LogP contribution in [0.1, 0.15) is 18.4 Å². The normalized spacial score (nSPS) is 14.4. The van der Waals surface area contributed by atoms with Crippen LogP contribution in [0.5, 0.6) is 0 Å². The number of hydrogen-bond acceptors (Lipinski definition) is 5. The molecule has 1 aromatic heterocycles. The maximum Gasteiger partial charge on any atom is 0.263 e. The summed E-state index contributed by atoms with van der Waals surface area (Å²) in [4.78, 5) is 24.2. The maximum absolute atomic E-state index is 13.6. The van der Waals surface area contributed by atoms with Crippen LogP contribution in [0.2, 0.25) is 0 Å². The van der Waals surface area contributed by atoms with Crippen molar-refractivity contribution in [2.45, 2.75) is 25.5 Å². The zero-order chi connectivity index (χ0) is 22.7. The van der Waals surface area contributed by atoms with Gasteiger partial charge in [0.05, 0.1) is 24.4 Å². The summed E-state index contributed by atoms with van der Waals surface area (Å²) in [7, 11) is 3.75.